The number of hydrogen-bond acceptors (Lipinski definition) is 1. The van der Waals surface area contributed by atoms with Crippen molar-refractivity contribution in [1.29, 1.82) is 0 Å². The van der Waals surface area contributed by atoms with Crippen LogP contribution in [0.5, 0.6) is 0 Å². The molecule has 1 heterocycles. The molecule has 1 aliphatic heterocycles. The van der Waals surface area contributed by atoms with Gasteiger partial charge in [0.05, 0.1) is 11.7 Å². The van der Waals surface area contributed by atoms with Crippen LogP contribution in [0.1, 0.15) is 120 Å². The van der Waals surface area contributed by atoms with Crippen molar-refractivity contribution in [1.82, 2.24) is 0 Å². The summed E-state index contributed by atoms with van der Waals surface area (Å²) < 4.78 is 7.35. The van der Waals surface area contributed by atoms with Crippen LogP contribution in [0.3, 0.4) is 0 Å². The first-order valence-corrected chi connectivity index (χ1v) is 15.1. The summed E-state index contributed by atoms with van der Waals surface area (Å²) in [6, 6.07) is 0. The van der Waals surface area contributed by atoms with Crippen LogP contribution in [0.15, 0.2) is 22.8 Å². The van der Waals surface area contributed by atoms with E-state index in [1.807, 2.05) is 11.1 Å². The van der Waals surface area contributed by atoms with Gasteiger partial charge in [-0.15, -0.1) is 0 Å². The minimum atomic E-state index is 0.00442. The van der Waals surface area contributed by atoms with Gasteiger partial charge >= 0.3 is 0 Å². The molecule has 190 valence electrons. The second kappa shape index (κ2) is 7.49. The largest absolute Gasteiger partial charge is 0.367 e. The van der Waals surface area contributed by atoms with E-state index in [4.69, 9.17) is 4.74 Å². The average molecular weight is 465 g/mol. The third kappa shape index (κ3) is 2.78. The lowest BCUT2D eigenvalue weighted by Crippen LogP contribution is -2.48. The molecule has 1 saturated heterocycles. The molecule has 5 aliphatic carbocycles. The van der Waals surface area contributed by atoms with Crippen molar-refractivity contribution in [3.8, 4) is 0 Å². The van der Waals surface area contributed by atoms with Gasteiger partial charge in [-0.1, -0.05) is 72.1 Å². The van der Waals surface area contributed by atoms with Crippen LogP contribution < -0.4 is 0 Å². The summed E-state index contributed by atoms with van der Waals surface area (Å²) in [6.45, 7) is 20.4. The lowest BCUT2D eigenvalue weighted by atomic mass is 9.50. The maximum Gasteiger partial charge on any atom is 0.0927 e. The van der Waals surface area contributed by atoms with Gasteiger partial charge in [-0.2, -0.15) is 0 Å². The van der Waals surface area contributed by atoms with Gasteiger partial charge in [0, 0.05) is 5.41 Å². The van der Waals surface area contributed by atoms with Gasteiger partial charge in [-0.05, 0) is 117 Å². The van der Waals surface area contributed by atoms with Crippen molar-refractivity contribution in [2.45, 2.75) is 131 Å². The summed E-state index contributed by atoms with van der Waals surface area (Å²) in [5.41, 5.74) is 6.60. The molecule has 6 aliphatic rings. The normalized spacial score (nSPS) is 56.6. The highest BCUT2D eigenvalue weighted by Gasteiger charge is 2.67. The standard InChI is InChI=1S/C33H52O/c1-9-24-10-13-30(6)25(18-24)11-14-31(7)27-12-15-33(22(4)26(27)19-28(30)31)23(5)32(8)21(3)16-20(2)17-29(32)34-33/h11,20-21,23-24,27-29H,9-10,12-19H2,1-8H3/t20?,21?,23-,24?,27?,28?,29?,30?,31?,32?,33?/m1/s1. The molecule has 0 radical (unpaired) electrons. The van der Waals surface area contributed by atoms with Crippen LogP contribution in [0.4, 0.5) is 0 Å². The van der Waals surface area contributed by atoms with Gasteiger partial charge in [-0.3, -0.25) is 0 Å². The van der Waals surface area contributed by atoms with Crippen molar-refractivity contribution < 1.29 is 4.74 Å². The molecular weight excluding hydrogens is 412 g/mol. The zero-order valence-corrected chi connectivity index (χ0v) is 23.6. The Kier molecular flexibility index (Phi) is 5.24. The number of ether oxygens (including phenoxy) is 1. The lowest BCUT2D eigenvalue weighted by Gasteiger charge is -2.54. The molecule has 6 rings (SSSR count). The monoisotopic (exact) mass is 464 g/mol. The smallest absolute Gasteiger partial charge is 0.0927 e. The molecule has 0 aromatic rings. The molecule has 3 saturated carbocycles. The first-order valence-electron chi connectivity index (χ1n) is 15.1. The molecule has 0 amide bonds. The summed E-state index contributed by atoms with van der Waals surface area (Å²) in [6.07, 6.45) is 16.7. The Bertz CT molecular complexity index is 927. The fraction of sp³-hybridized carbons (Fsp3) is 0.879. The fourth-order valence-electron chi connectivity index (χ4n) is 11.2. The summed E-state index contributed by atoms with van der Waals surface area (Å²) in [5.74, 6) is 4.73. The molecular formula is C33H52O. The van der Waals surface area contributed by atoms with E-state index in [-0.39, 0.29) is 5.60 Å². The van der Waals surface area contributed by atoms with E-state index in [0.29, 0.717) is 28.3 Å². The van der Waals surface area contributed by atoms with Crippen LogP contribution in [0.25, 0.3) is 0 Å². The van der Waals surface area contributed by atoms with E-state index in [1.165, 1.54) is 64.2 Å². The highest BCUT2D eigenvalue weighted by Crippen LogP contribution is 2.71. The zero-order chi connectivity index (χ0) is 24.3. The number of rotatable bonds is 1. The van der Waals surface area contributed by atoms with Gasteiger partial charge in [0.2, 0.25) is 0 Å². The summed E-state index contributed by atoms with van der Waals surface area (Å²) >= 11 is 0. The Morgan fingerprint density at radius 2 is 1.76 bits per heavy atom. The van der Waals surface area contributed by atoms with Crippen molar-refractivity contribution in [2.75, 3.05) is 0 Å². The Morgan fingerprint density at radius 1 is 1.00 bits per heavy atom. The molecule has 0 aromatic carbocycles. The predicted octanol–water partition coefficient (Wildman–Crippen LogP) is 9.13. The molecule has 1 nitrogen and oxygen atoms in total. The van der Waals surface area contributed by atoms with E-state index >= 15 is 0 Å². The van der Waals surface area contributed by atoms with Crippen LogP contribution in [0, 0.1) is 51.8 Å². The van der Waals surface area contributed by atoms with E-state index in [9.17, 15) is 0 Å². The van der Waals surface area contributed by atoms with Crippen LogP contribution in [-0.4, -0.2) is 11.7 Å². The van der Waals surface area contributed by atoms with Gasteiger partial charge in [0.25, 0.3) is 0 Å². The number of allylic oxidation sites excluding steroid dienone is 3. The number of fused-ring (bicyclic) bond motifs is 6. The first kappa shape index (κ1) is 23.8. The minimum Gasteiger partial charge on any atom is -0.367 e. The highest BCUT2D eigenvalue weighted by atomic mass is 16.5. The SMILES string of the molecule is CCC1CCC2(C)C(=CCC3(C)C4CCC5(OC6CC(C)CC(C)C6(C)[C@H]5C)C(C)=C4CC23)C1. The van der Waals surface area contributed by atoms with Gasteiger partial charge in [-0.25, -0.2) is 0 Å². The van der Waals surface area contributed by atoms with Crippen molar-refractivity contribution in [2.24, 2.45) is 51.8 Å². The molecule has 4 fully saturated rings. The second-order valence-corrected chi connectivity index (χ2v) is 14.9. The Balaban J connectivity index is 1.38. The van der Waals surface area contributed by atoms with Crippen LogP contribution in [0.2, 0.25) is 0 Å². The quantitative estimate of drug-likeness (QED) is 0.351. The summed E-state index contributed by atoms with van der Waals surface area (Å²) in [5, 5.41) is 0. The zero-order valence-electron chi connectivity index (χ0n) is 23.6. The van der Waals surface area contributed by atoms with Gasteiger partial charge < -0.3 is 4.74 Å². The molecule has 10 unspecified atom stereocenters. The van der Waals surface area contributed by atoms with Crippen molar-refractivity contribution in [3.63, 3.8) is 0 Å². The topological polar surface area (TPSA) is 9.23 Å². The van der Waals surface area contributed by atoms with Gasteiger partial charge in [0.15, 0.2) is 0 Å². The first-order chi connectivity index (χ1) is 16.0. The average Bonchev–Trinajstić information content (AvgIpc) is 3.23. The molecule has 1 spiro atoms. The molecule has 1 heteroatoms. The highest BCUT2D eigenvalue weighted by molar-refractivity contribution is 5.40. The molecule has 0 aromatic heterocycles. The van der Waals surface area contributed by atoms with Crippen molar-refractivity contribution in [3.05, 3.63) is 22.8 Å². The van der Waals surface area contributed by atoms with Gasteiger partial charge in [0.1, 0.15) is 0 Å². The van der Waals surface area contributed by atoms with E-state index in [1.54, 1.807) is 5.57 Å². The van der Waals surface area contributed by atoms with E-state index < -0.39 is 0 Å². The van der Waals surface area contributed by atoms with Crippen molar-refractivity contribution >= 4 is 0 Å². The minimum absolute atomic E-state index is 0.00442. The Labute approximate surface area is 210 Å². The predicted molar refractivity (Wildman–Crippen MR) is 143 cm³/mol. The molecule has 11 atom stereocenters. The maximum absolute atomic E-state index is 7.35. The third-order valence-corrected chi connectivity index (χ3v) is 13.9. The number of hydrogen-bond donors (Lipinski definition) is 0. The van der Waals surface area contributed by atoms with Crippen LogP contribution >= 0.6 is 0 Å². The summed E-state index contributed by atoms with van der Waals surface area (Å²) in [7, 11) is 0. The summed E-state index contributed by atoms with van der Waals surface area (Å²) in [4.78, 5) is 0. The Morgan fingerprint density at radius 3 is 2.50 bits per heavy atom. The third-order valence-electron chi connectivity index (χ3n) is 13.9. The Hall–Kier alpha value is -0.560. The van der Waals surface area contributed by atoms with E-state index in [2.05, 4.69) is 61.5 Å². The van der Waals surface area contributed by atoms with E-state index in [0.717, 1.165) is 29.6 Å². The lowest BCUT2D eigenvalue weighted by molar-refractivity contribution is -0.0765. The fourth-order valence-corrected chi connectivity index (χ4v) is 11.2. The molecule has 0 bridgehead atoms. The molecule has 34 heavy (non-hydrogen) atoms. The second-order valence-electron chi connectivity index (χ2n) is 14.9. The molecule has 0 N–H and O–H groups in total. The maximum atomic E-state index is 7.35. The van der Waals surface area contributed by atoms with Crippen LogP contribution in [-0.2, 0) is 4.74 Å².